The lowest BCUT2D eigenvalue weighted by molar-refractivity contribution is 0.233. The van der Waals surface area contributed by atoms with Crippen molar-refractivity contribution in [3.8, 4) is 0 Å². The van der Waals surface area contributed by atoms with E-state index in [4.69, 9.17) is 4.42 Å². The summed E-state index contributed by atoms with van der Waals surface area (Å²) in [6, 6.07) is 10.2. The number of pyridine rings is 1. The van der Waals surface area contributed by atoms with Crippen molar-refractivity contribution in [1.29, 1.82) is 0 Å². The molecule has 2 saturated heterocycles. The van der Waals surface area contributed by atoms with Crippen molar-refractivity contribution in [2.75, 3.05) is 26.2 Å². The first kappa shape index (κ1) is 13.0. The standard InChI is InChI=1S/C17H21N3O/c1-2-6-18-16(4-1)12-19-8-14-10-20(11-15(14)9-19)13-17-5-3-7-21-17/h1-7,14-15H,8-13H2/t14-,15-/m0/s1. The molecule has 0 aromatic carbocycles. The highest BCUT2D eigenvalue weighted by Crippen LogP contribution is 2.32. The van der Waals surface area contributed by atoms with Crippen LogP contribution >= 0.6 is 0 Å². The molecule has 4 nitrogen and oxygen atoms in total. The average molecular weight is 283 g/mol. The molecular formula is C17H21N3O. The van der Waals surface area contributed by atoms with Crippen LogP contribution in [0.15, 0.2) is 47.2 Å². The zero-order valence-corrected chi connectivity index (χ0v) is 12.2. The summed E-state index contributed by atoms with van der Waals surface area (Å²) in [7, 11) is 0. The van der Waals surface area contributed by atoms with Gasteiger partial charge in [0.05, 0.1) is 18.5 Å². The number of furan rings is 1. The van der Waals surface area contributed by atoms with E-state index in [0.717, 1.165) is 30.7 Å². The summed E-state index contributed by atoms with van der Waals surface area (Å²) < 4.78 is 5.46. The van der Waals surface area contributed by atoms with Crippen LogP contribution in [0.3, 0.4) is 0 Å². The number of fused-ring (bicyclic) bond motifs is 1. The van der Waals surface area contributed by atoms with Crippen molar-refractivity contribution in [3.05, 3.63) is 54.2 Å². The van der Waals surface area contributed by atoms with E-state index in [9.17, 15) is 0 Å². The van der Waals surface area contributed by atoms with Crippen molar-refractivity contribution in [3.63, 3.8) is 0 Å². The van der Waals surface area contributed by atoms with Gasteiger partial charge in [-0.2, -0.15) is 0 Å². The summed E-state index contributed by atoms with van der Waals surface area (Å²) in [5.41, 5.74) is 1.19. The molecule has 2 fully saturated rings. The van der Waals surface area contributed by atoms with Crippen LogP contribution in [0.1, 0.15) is 11.5 Å². The van der Waals surface area contributed by atoms with Gasteiger partial charge in [-0.15, -0.1) is 0 Å². The molecule has 0 N–H and O–H groups in total. The minimum Gasteiger partial charge on any atom is -0.468 e. The Hall–Kier alpha value is -1.65. The van der Waals surface area contributed by atoms with Gasteiger partial charge in [-0.05, 0) is 36.1 Å². The summed E-state index contributed by atoms with van der Waals surface area (Å²) >= 11 is 0. The van der Waals surface area contributed by atoms with Crippen LogP contribution in [0.4, 0.5) is 0 Å². The van der Waals surface area contributed by atoms with E-state index in [-0.39, 0.29) is 0 Å². The summed E-state index contributed by atoms with van der Waals surface area (Å²) in [6.07, 6.45) is 3.65. The molecule has 0 spiro atoms. The van der Waals surface area contributed by atoms with Crippen LogP contribution < -0.4 is 0 Å². The lowest BCUT2D eigenvalue weighted by Gasteiger charge is -2.20. The Morgan fingerprint density at radius 2 is 1.71 bits per heavy atom. The van der Waals surface area contributed by atoms with Gasteiger partial charge in [0, 0.05) is 38.9 Å². The summed E-state index contributed by atoms with van der Waals surface area (Å²) in [6.45, 7) is 6.76. The molecule has 4 rings (SSSR count). The molecular weight excluding hydrogens is 262 g/mol. The maximum Gasteiger partial charge on any atom is 0.117 e. The second-order valence-electron chi connectivity index (χ2n) is 6.31. The number of likely N-dealkylation sites (tertiary alicyclic amines) is 2. The lowest BCUT2D eigenvalue weighted by atomic mass is 10.0. The predicted molar refractivity (Wildman–Crippen MR) is 80.5 cm³/mol. The maximum atomic E-state index is 5.46. The van der Waals surface area contributed by atoms with E-state index in [0.29, 0.717) is 0 Å². The topological polar surface area (TPSA) is 32.5 Å². The SMILES string of the molecule is c1ccc(CN2C[C@H]3CN(Cc4ccco4)C[C@@H]3C2)nc1. The maximum absolute atomic E-state index is 5.46. The number of hydrogen-bond donors (Lipinski definition) is 0. The summed E-state index contributed by atoms with van der Waals surface area (Å²) in [4.78, 5) is 9.53. The molecule has 2 atom stereocenters. The molecule has 2 aliphatic rings. The molecule has 21 heavy (non-hydrogen) atoms. The molecule has 4 heterocycles. The van der Waals surface area contributed by atoms with Crippen LogP contribution in [0.5, 0.6) is 0 Å². The molecule has 0 unspecified atom stereocenters. The van der Waals surface area contributed by atoms with Crippen molar-refractivity contribution in [2.45, 2.75) is 13.1 Å². The molecule has 0 bridgehead atoms. The van der Waals surface area contributed by atoms with E-state index in [1.165, 1.54) is 31.9 Å². The first-order chi connectivity index (χ1) is 10.4. The Kier molecular flexibility index (Phi) is 3.49. The highest BCUT2D eigenvalue weighted by atomic mass is 16.3. The normalized spacial score (nSPS) is 26.3. The van der Waals surface area contributed by atoms with Crippen molar-refractivity contribution < 1.29 is 4.42 Å². The minimum atomic E-state index is 0.809. The lowest BCUT2D eigenvalue weighted by Crippen LogP contribution is -2.28. The Bertz CT molecular complexity index is 555. The first-order valence-corrected chi connectivity index (χ1v) is 7.74. The van der Waals surface area contributed by atoms with Crippen LogP contribution in [0, 0.1) is 11.8 Å². The van der Waals surface area contributed by atoms with Gasteiger partial charge in [0.2, 0.25) is 0 Å². The zero-order valence-electron chi connectivity index (χ0n) is 12.2. The minimum absolute atomic E-state index is 0.809. The van der Waals surface area contributed by atoms with Crippen molar-refractivity contribution in [2.24, 2.45) is 11.8 Å². The smallest absolute Gasteiger partial charge is 0.117 e. The third kappa shape index (κ3) is 2.87. The van der Waals surface area contributed by atoms with E-state index in [1.807, 2.05) is 18.3 Å². The molecule has 110 valence electrons. The zero-order chi connectivity index (χ0) is 14.1. The van der Waals surface area contributed by atoms with Gasteiger partial charge in [0.25, 0.3) is 0 Å². The fourth-order valence-corrected chi connectivity index (χ4v) is 3.79. The molecule has 2 aromatic rings. The molecule has 0 radical (unpaired) electrons. The molecule has 2 aromatic heterocycles. The van der Waals surface area contributed by atoms with Crippen LogP contribution in [-0.4, -0.2) is 41.0 Å². The third-order valence-electron chi connectivity index (χ3n) is 4.71. The van der Waals surface area contributed by atoms with E-state index < -0.39 is 0 Å². The molecule has 0 aliphatic carbocycles. The first-order valence-electron chi connectivity index (χ1n) is 7.74. The Morgan fingerprint density at radius 3 is 2.33 bits per heavy atom. The van der Waals surface area contributed by atoms with Crippen molar-refractivity contribution in [1.82, 2.24) is 14.8 Å². The second-order valence-corrected chi connectivity index (χ2v) is 6.31. The van der Waals surface area contributed by atoms with Gasteiger partial charge in [-0.1, -0.05) is 6.07 Å². The van der Waals surface area contributed by atoms with Gasteiger partial charge in [0.1, 0.15) is 5.76 Å². The van der Waals surface area contributed by atoms with Crippen LogP contribution in [-0.2, 0) is 13.1 Å². The number of hydrogen-bond acceptors (Lipinski definition) is 4. The van der Waals surface area contributed by atoms with E-state index >= 15 is 0 Å². The third-order valence-corrected chi connectivity index (χ3v) is 4.71. The number of nitrogens with zero attached hydrogens (tertiary/aromatic N) is 3. The Labute approximate surface area is 125 Å². The molecule has 0 amide bonds. The Balaban J connectivity index is 1.31. The fraction of sp³-hybridized carbons (Fsp3) is 0.471. The number of aromatic nitrogens is 1. The molecule has 4 heteroatoms. The summed E-state index contributed by atoms with van der Waals surface area (Å²) in [5.74, 6) is 2.70. The highest BCUT2D eigenvalue weighted by Gasteiger charge is 2.39. The second kappa shape index (κ2) is 5.62. The van der Waals surface area contributed by atoms with E-state index in [2.05, 4.69) is 33.0 Å². The van der Waals surface area contributed by atoms with E-state index in [1.54, 1.807) is 6.26 Å². The quantitative estimate of drug-likeness (QED) is 0.861. The Morgan fingerprint density at radius 1 is 0.952 bits per heavy atom. The highest BCUT2D eigenvalue weighted by molar-refractivity contribution is 5.05. The monoisotopic (exact) mass is 283 g/mol. The predicted octanol–water partition coefficient (Wildman–Crippen LogP) is 2.24. The van der Waals surface area contributed by atoms with Gasteiger partial charge in [-0.3, -0.25) is 14.8 Å². The largest absolute Gasteiger partial charge is 0.468 e. The van der Waals surface area contributed by atoms with Gasteiger partial charge >= 0.3 is 0 Å². The molecule has 2 aliphatic heterocycles. The van der Waals surface area contributed by atoms with Gasteiger partial charge < -0.3 is 4.42 Å². The number of rotatable bonds is 4. The van der Waals surface area contributed by atoms with Crippen molar-refractivity contribution >= 4 is 0 Å². The van der Waals surface area contributed by atoms with Gasteiger partial charge in [-0.25, -0.2) is 0 Å². The van der Waals surface area contributed by atoms with Crippen LogP contribution in [0.25, 0.3) is 0 Å². The molecule has 0 saturated carbocycles. The fourth-order valence-electron chi connectivity index (χ4n) is 3.79. The average Bonchev–Trinajstić information content (AvgIpc) is 3.17. The van der Waals surface area contributed by atoms with Crippen LogP contribution in [0.2, 0.25) is 0 Å². The summed E-state index contributed by atoms with van der Waals surface area (Å²) in [5, 5.41) is 0. The van der Waals surface area contributed by atoms with Gasteiger partial charge in [0.15, 0.2) is 0 Å².